The second-order valence-electron chi connectivity index (χ2n) is 6.74. The summed E-state index contributed by atoms with van der Waals surface area (Å²) in [7, 11) is 0. The van der Waals surface area contributed by atoms with Gasteiger partial charge in [-0.25, -0.2) is 0 Å². The molecule has 2 fully saturated rings. The summed E-state index contributed by atoms with van der Waals surface area (Å²) < 4.78 is 6.01. The van der Waals surface area contributed by atoms with Crippen LogP contribution in [0.5, 0.6) is 0 Å². The van der Waals surface area contributed by atoms with Crippen molar-refractivity contribution in [2.24, 2.45) is 4.99 Å². The van der Waals surface area contributed by atoms with Gasteiger partial charge in [0.15, 0.2) is 5.96 Å². The van der Waals surface area contributed by atoms with Crippen LogP contribution in [0.4, 0.5) is 0 Å². The molecule has 2 aliphatic rings. The Balaban J connectivity index is 1.55. The van der Waals surface area contributed by atoms with E-state index in [4.69, 9.17) is 9.73 Å². The molecule has 0 amide bonds. The average molecular weight is 330 g/mol. The zero-order valence-corrected chi connectivity index (χ0v) is 14.9. The monoisotopic (exact) mass is 330 g/mol. The largest absolute Gasteiger partial charge is 0.373 e. The minimum absolute atomic E-state index is 0.210. The second kappa shape index (κ2) is 8.49. The van der Waals surface area contributed by atoms with Gasteiger partial charge in [-0.1, -0.05) is 30.3 Å². The summed E-state index contributed by atoms with van der Waals surface area (Å²) in [6, 6.07) is 11.3. The van der Waals surface area contributed by atoms with Crippen LogP contribution in [0.3, 0.4) is 0 Å². The van der Waals surface area contributed by atoms with Gasteiger partial charge >= 0.3 is 0 Å². The molecule has 0 aliphatic carbocycles. The van der Waals surface area contributed by atoms with Crippen molar-refractivity contribution in [1.82, 2.24) is 15.5 Å². The number of benzene rings is 1. The minimum Gasteiger partial charge on any atom is -0.373 e. The fraction of sp³-hybridized carbons (Fsp3) is 0.632. The van der Waals surface area contributed by atoms with Crippen LogP contribution in [0.1, 0.15) is 38.3 Å². The molecule has 2 aliphatic heterocycles. The molecule has 0 aromatic heterocycles. The standard InChI is InChI=1S/C19H30N4O/c1-3-20-19(22-15(2)16-8-5-4-6-9-16)21-12-18-13-23-11-7-10-17(23)14-24-18/h4-6,8-9,15,17-18H,3,7,10-14H2,1-2H3,(H2,20,21,22). The molecule has 2 saturated heterocycles. The number of morpholine rings is 1. The summed E-state index contributed by atoms with van der Waals surface area (Å²) in [6.07, 6.45) is 2.80. The van der Waals surface area contributed by atoms with Crippen molar-refractivity contribution in [3.05, 3.63) is 35.9 Å². The Morgan fingerprint density at radius 3 is 3.00 bits per heavy atom. The summed E-state index contributed by atoms with van der Waals surface area (Å²) in [5.41, 5.74) is 1.26. The first-order valence-electron chi connectivity index (χ1n) is 9.21. The predicted molar refractivity (Wildman–Crippen MR) is 98.3 cm³/mol. The Hall–Kier alpha value is -1.59. The average Bonchev–Trinajstić information content (AvgIpc) is 3.08. The number of rotatable bonds is 5. The molecule has 3 rings (SSSR count). The van der Waals surface area contributed by atoms with Crippen molar-refractivity contribution < 1.29 is 4.74 Å². The molecule has 0 spiro atoms. The van der Waals surface area contributed by atoms with Crippen molar-refractivity contribution in [1.29, 1.82) is 0 Å². The predicted octanol–water partition coefficient (Wildman–Crippen LogP) is 2.17. The van der Waals surface area contributed by atoms with Gasteiger partial charge in [-0.05, 0) is 38.8 Å². The van der Waals surface area contributed by atoms with E-state index in [0.29, 0.717) is 12.6 Å². The van der Waals surface area contributed by atoms with Crippen molar-refractivity contribution in [2.75, 3.05) is 32.8 Å². The van der Waals surface area contributed by atoms with Crippen molar-refractivity contribution in [2.45, 2.75) is 44.9 Å². The van der Waals surface area contributed by atoms with Crippen LogP contribution >= 0.6 is 0 Å². The minimum atomic E-state index is 0.210. The number of fused-ring (bicyclic) bond motifs is 1. The summed E-state index contributed by atoms with van der Waals surface area (Å²) >= 11 is 0. The molecular weight excluding hydrogens is 300 g/mol. The van der Waals surface area contributed by atoms with E-state index < -0.39 is 0 Å². The first-order chi connectivity index (χ1) is 11.8. The first kappa shape index (κ1) is 17.2. The normalized spacial score (nSPS) is 26.0. The number of hydrogen-bond donors (Lipinski definition) is 2. The molecule has 2 heterocycles. The molecule has 3 unspecified atom stereocenters. The van der Waals surface area contributed by atoms with Gasteiger partial charge in [-0.15, -0.1) is 0 Å². The highest BCUT2D eigenvalue weighted by atomic mass is 16.5. The topological polar surface area (TPSA) is 48.9 Å². The van der Waals surface area contributed by atoms with Crippen LogP contribution in [-0.4, -0.2) is 55.8 Å². The number of guanidine groups is 1. The van der Waals surface area contributed by atoms with Crippen LogP contribution in [0.2, 0.25) is 0 Å². The van der Waals surface area contributed by atoms with E-state index in [-0.39, 0.29) is 12.1 Å². The summed E-state index contributed by atoms with van der Waals surface area (Å²) in [5.74, 6) is 0.862. The fourth-order valence-corrected chi connectivity index (χ4v) is 3.54. The zero-order valence-electron chi connectivity index (χ0n) is 14.9. The number of ether oxygens (including phenoxy) is 1. The van der Waals surface area contributed by atoms with E-state index in [1.165, 1.54) is 24.9 Å². The third kappa shape index (κ3) is 4.48. The lowest BCUT2D eigenvalue weighted by Gasteiger charge is -2.34. The maximum absolute atomic E-state index is 6.01. The smallest absolute Gasteiger partial charge is 0.191 e. The summed E-state index contributed by atoms with van der Waals surface area (Å²) in [6.45, 7) is 8.92. The number of aliphatic imine (C=N–C) groups is 1. The van der Waals surface area contributed by atoms with Gasteiger partial charge in [0, 0.05) is 19.1 Å². The van der Waals surface area contributed by atoms with E-state index in [1.54, 1.807) is 0 Å². The lowest BCUT2D eigenvalue weighted by atomic mass is 10.1. The van der Waals surface area contributed by atoms with E-state index in [2.05, 4.69) is 53.6 Å². The molecule has 2 N–H and O–H groups in total. The zero-order chi connectivity index (χ0) is 16.8. The lowest BCUT2D eigenvalue weighted by Crippen LogP contribution is -2.47. The molecular formula is C19H30N4O. The van der Waals surface area contributed by atoms with Crippen molar-refractivity contribution >= 4 is 5.96 Å². The first-order valence-corrected chi connectivity index (χ1v) is 9.21. The Labute approximate surface area is 145 Å². The molecule has 1 aromatic rings. The van der Waals surface area contributed by atoms with Gasteiger partial charge in [0.05, 0.1) is 25.3 Å². The highest BCUT2D eigenvalue weighted by molar-refractivity contribution is 5.80. The highest BCUT2D eigenvalue weighted by Crippen LogP contribution is 2.22. The fourth-order valence-electron chi connectivity index (χ4n) is 3.54. The van der Waals surface area contributed by atoms with E-state index in [9.17, 15) is 0 Å². The van der Waals surface area contributed by atoms with Crippen LogP contribution in [0.15, 0.2) is 35.3 Å². The Bertz CT molecular complexity index is 533. The molecule has 0 saturated carbocycles. The van der Waals surface area contributed by atoms with Crippen LogP contribution < -0.4 is 10.6 Å². The molecule has 0 bridgehead atoms. The molecule has 5 heteroatoms. The molecule has 3 atom stereocenters. The maximum Gasteiger partial charge on any atom is 0.191 e. The second-order valence-corrected chi connectivity index (χ2v) is 6.74. The Kier molecular flexibility index (Phi) is 6.10. The summed E-state index contributed by atoms with van der Waals surface area (Å²) in [5, 5.41) is 6.83. The van der Waals surface area contributed by atoms with E-state index in [0.717, 1.165) is 25.7 Å². The van der Waals surface area contributed by atoms with Crippen LogP contribution in [0.25, 0.3) is 0 Å². The number of nitrogens with zero attached hydrogens (tertiary/aromatic N) is 2. The van der Waals surface area contributed by atoms with E-state index in [1.807, 2.05) is 6.07 Å². The quantitative estimate of drug-likeness (QED) is 0.642. The third-order valence-electron chi connectivity index (χ3n) is 4.91. The maximum atomic E-state index is 6.01. The van der Waals surface area contributed by atoms with Gasteiger partial charge in [0.2, 0.25) is 0 Å². The third-order valence-corrected chi connectivity index (χ3v) is 4.91. The van der Waals surface area contributed by atoms with E-state index >= 15 is 0 Å². The number of hydrogen-bond acceptors (Lipinski definition) is 3. The Morgan fingerprint density at radius 2 is 2.21 bits per heavy atom. The molecule has 132 valence electrons. The van der Waals surface area contributed by atoms with Gasteiger partial charge in [-0.2, -0.15) is 0 Å². The number of nitrogens with one attached hydrogen (secondary N) is 2. The van der Waals surface area contributed by atoms with Gasteiger partial charge < -0.3 is 15.4 Å². The Morgan fingerprint density at radius 1 is 1.38 bits per heavy atom. The molecule has 0 radical (unpaired) electrons. The van der Waals surface area contributed by atoms with Crippen LogP contribution in [0, 0.1) is 0 Å². The molecule has 1 aromatic carbocycles. The summed E-state index contributed by atoms with van der Waals surface area (Å²) in [4.78, 5) is 7.33. The lowest BCUT2D eigenvalue weighted by molar-refractivity contribution is -0.0432. The van der Waals surface area contributed by atoms with Crippen LogP contribution in [-0.2, 0) is 4.74 Å². The van der Waals surface area contributed by atoms with Gasteiger partial charge in [0.1, 0.15) is 0 Å². The van der Waals surface area contributed by atoms with Crippen molar-refractivity contribution in [3.63, 3.8) is 0 Å². The SMILES string of the molecule is CCNC(=NCC1CN2CCCC2CO1)NC(C)c1ccccc1. The van der Waals surface area contributed by atoms with Gasteiger partial charge in [0.25, 0.3) is 0 Å². The van der Waals surface area contributed by atoms with Gasteiger partial charge in [-0.3, -0.25) is 9.89 Å². The molecule has 24 heavy (non-hydrogen) atoms. The van der Waals surface area contributed by atoms with Crippen molar-refractivity contribution in [3.8, 4) is 0 Å². The highest BCUT2D eigenvalue weighted by Gasteiger charge is 2.32. The molecule has 5 nitrogen and oxygen atoms in total.